The highest BCUT2D eigenvalue weighted by Gasteiger charge is 2.24. The zero-order valence-electron chi connectivity index (χ0n) is 13.7. The lowest BCUT2D eigenvalue weighted by molar-refractivity contribution is 0.0731. The lowest BCUT2D eigenvalue weighted by atomic mass is 10.2. The van der Waals surface area contributed by atoms with Crippen molar-refractivity contribution >= 4 is 11.7 Å². The number of nitrogens with zero attached hydrogens (tertiary/aromatic N) is 1. The van der Waals surface area contributed by atoms with Gasteiger partial charge in [-0.05, 0) is 24.3 Å². The fourth-order valence-electron chi connectivity index (χ4n) is 2.50. The summed E-state index contributed by atoms with van der Waals surface area (Å²) < 4.78 is 16.8. The second-order valence-electron chi connectivity index (χ2n) is 5.51. The van der Waals surface area contributed by atoms with Crippen molar-refractivity contribution in [1.29, 1.82) is 0 Å². The molecule has 3 rings (SSSR count). The molecule has 2 aromatic rings. The molecule has 0 saturated heterocycles. The van der Waals surface area contributed by atoms with Crippen LogP contribution in [0, 0.1) is 0 Å². The molecule has 0 fully saturated rings. The number of hydrogen-bond donors (Lipinski definition) is 1. The number of urea groups is 1. The first-order valence-electron chi connectivity index (χ1n) is 7.71. The Hall–Kier alpha value is -2.89. The standard InChI is InChI=1S/C18H20N2O4/c1-20(18(21)19-14-7-3-4-8-15(14)22-2)11-13-12-23-16-9-5-6-10-17(16)24-13/h3-10,13H,11-12H2,1-2H3,(H,19,21). The van der Waals surface area contributed by atoms with Crippen LogP contribution in [0.2, 0.25) is 0 Å². The number of nitrogens with one attached hydrogen (secondary N) is 1. The van der Waals surface area contributed by atoms with Gasteiger partial charge in [-0.25, -0.2) is 4.79 Å². The minimum absolute atomic E-state index is 0.215. The number of carbonyl (C=O) groups excluding carboxylic acids is 1. The summed E-state index contributed by atoms with van der Waals surface area (Å²) >= 11 is 0. The fraction of sp³-hybridized carbons (Fsp3) is 0.278. The van der Waals surface area contributed by atoms with Crippen molar-refractivity contribution in [1.82, 2.24) is 4.90 Å². The smallest absolute Gasteiger partial charge is 0.321 e. The molecule has 0 spiro atoms. The summed E-state index contributed by atoms with van der Waals surface area (Å²) in [6.45, 7) is 0.818. The highest BCUT2D eigenvalue weighted by atomic mass is 16.6. The van der Waals surface area contributed by atoms with E-state index >= 15 is 0 Å². The highest BCUT2D eigenvalue weighted by molar-refractivity contribution is 5.90. The Morgan fingerprint density at radius 3 is 2.71 bits per heavy atom. The van der Waals surface area contributed by atoms with E-state index in [2.05, 4.69) is 5.32 Å². The van der Waals surface area contributed by atoms with Crippen LogP contribution in [0.25, 0.3) is 0 Å². The third-order valence-corrected chi connectivity index (χ3v) is 3.74. The lowest BCUT2D eigenvalue weighted by Crippen LogP contribution is -2.43. The van der Waals surface area contributed by atoms with E-state index in [-0.39, 0.29) is 12.1 Å². The molecule has 6 nitrogen and oxygen atoms in total. The van der Waals surface area contributed by atoms with Gasteiger partial charge in [-0.2, -0.15) is 0 Å². The summed E-state index contributed by atoms with van der Waals surface area (Å²) in [6, 6.07) is 14.6. The monoisotopic (exact) mass is 328 g/mol. The normalized spacial score (nSPS) is 15.5. The molecule has 6 heteroatoms. The number of likely N-dealkylation sites (N-methyl/N-ethyl adjacent to an activating group) is 1. The Balaban J connectivity index is 1.59. The van der Waals surface area contributed by atoms with Crippen molar-refractivity contribution in [2.45, 2.75) is 6.10 Å². The summed E-state index contributed by atoms with van der Waals surface area (Å²) in [5.41, 5.74) is 0.628. The van der Waals surface area contributed by atoms with Crippen LogP contribution in [-0.4, -0.2) is 44.3 Å². The van der Waals surface area contributed by atoms with Crippen molar-refractivity contribution in [3.63, 3.8) is 0 Å². The van der Waals surface area contributed by atoms with Crippen molar-refractivity contribution < 1.29 is 19.0 Å². The minimum atomic E-state index is -0.234. The first-order chi connectivity index (χ1) is 11.7. The van der Waals surface area contributed by atoms with E-state index in [1.165, 1.54) is 0 Å². The third kappa shape index (κ3) is 3.53. The second-order valence-corrected chi connectivity index (χ2v) is 5.51. The van der Waals surface area contributed by atoms with Crippen molar-refractivity contribution in [3.8, 4) is 17.2 Å². The average Bonchev–Trinajstić information content (AvgIpc) is 2.62. The van der Waals surface area contributed by atoms with E-state index in [0.717, 1.165) is 5.75 Å². The van der Waals surface area contributed by atoms with Gasteiger partial charge in [-0.3, -0.25) is 0 Å². The molecule has 1 N–H and O–H groups in total. The largest absolute Gasteiger partial charge is 0.495 e. The van der Waals surface area contributed by atoms with Crippen LogP contribution in [0.15, 0.2) is 48.5 Å². The molecule has 1 aliphatic rings. The summed E-state index contributed by atoms with van der Waals surface area (Å²) in [6.07, 6.45) is -0.215. The molecule has 1 atom stereocenters. The summed E-state index contributed by atoms with van der Waals surface area (Å²) in [4.78, 5) is 13.9. The van der Waals surface area contributed by atoms with Crippen LogP contribution in [0.4, 0.5) is 10.5 Å². The molecular formula is C18H20N2O4. The predicted octanol–water partition coefficient (Wildman–Crippen LogP) is 3.00. The number of fused-ring (bicyclic) bond motifs is 1. The van der Waals surface area contributed by atoms with Crippen LogP contribution in [0.1, 0.15) is 0 Å². The number of carbonyl (C=O) groups is 1. The molecule has 2 amide bonds. The maximum atomic E-state index is 12.4. The Morgan fingerprint density at radius 2 is 1.92 bits per heavy atom. The first kappa shape index (κ1) is 16.0. The molecule has 1 heterocycles. The van der Waals surface area contributed by atoms with E-state index in [4.69, 9.17) is 14.2 Å². The van der Waals surface area contributed by atoms with Crippen LogP contribution < -0.4 is 19.5 Å². The zero-order valence-corrected chi connectivity index (χ0v) is 13.7. The molecule has 126 valence electrons. The van der Waals surface area contributed by atoms with Gasteiger partial charge in [-0.15, -0.1) is 0 Å². The van der Waals surface area contributed by atoms with Gasteiger partial charge in [-0.1, -0.05) is 24.3 Å². The zero-order chi connectivity index (χ0) is 16.9. The number of anilines is 1. The fourth-order valence-corrected chi connectivity index (χ4v) is 2.50. The molecule has 2 aromatic carbocycles. The van der Waals surface area contributed by atoms with Crippen LogP contribution in [-0.2, 0) is 0 Å². The van der Waals surface area contributed by atoms with Gasteiger partial charge in [0.1, 0.15) is 12.4 Å². The molecule has 24 heavy (non-hydrogen) atoms. The van der Waals surface area contributed by atoms with Crippen molar-refractivity contribution in [2.24, 2.45) is 0 Å². The van der Waals surface area contributed by atoms with Gasteiger partial charge in [0.25, 0.3) is 0 Å². The topological polar surface area (TPSA) is 60.0 Å². The number of hydrogen-bond acceptors (Lipinski definition) is 4. The third-order valence-electron chi connectivity index (χ3n) is 3.74. The van der Waals surface area contributed by atoms with Crippen LogP contribution in [0.3, 0.4) is 0 Å². The molecular weight excluding hydrogens is 308 g/mol. The molecule has 0 bridgehead atoms. The summed E-state index contributed by atoms with van der Waals surface area (Å²) in [5.74, 6) is 2.05. The van der Waals surface area contributed by atoms with E-state index in [1.807, 2.05) is 36.4 Å². The van der Waals surface area contributed by atoms with E-state index in [9.17, 15) is 4.79 Å². The number of para-hydroxylation sites is 4. The number of benzene rings is 2. The van der Waals surface area contributed by atoms with E-state index in [0.29, 0.717) is 30.3 Å². The number of rotatable bonds is 4. The maximum absolute atomic E-state index is 12.4. The molecule has 1 aliphatic heterocycles. The number of amides is 2. The first-order valence-corrected chi connectivity index (χ1v) is 7.71. The molecule has 0 saturated carbocycles. The average molecular weight is 328 g/mol. The second kappa shape index (κ2) is 7.12. The van der Waals surface area contributed by atoms with Gasteiger partial charge >= 0.3 is 6.03 Å². The van der Waals surface area contributed by atoms with E-state index < -0.39 is 0 Å². The van der Waals surface area contributed by atoms with Gasteiger partial charge < -0.3 is 24.4 Å². The van der Waals surface area contributed by atoms with Crippen molar-refractivity contribution in [3.05, 3.63) is 48.5 Å². The van der Waals surface area contributed by atoms with Crippen LogP contribution >= 0.6 is 0 Å². The SMILES string of the molecule is COc1ccccc1NC(=O)N(C)CC1COc2ccccc2O1. The number of methoxy groups -OCH3 is 1. The number of ether oxygens (including phenoxy) is 3. The van der Waals surface area contributed by atoms with Gasteiger partial charge in [0.05, 0.1) is 19.3 Å². The van der Waals surface area contributed by atoms with Gasteiger partial charge in [0.2, 0.25) is 0 Å². The Morgan fingerprint density at radius 1 is 1.21 bits per heavy atom. The van der Waals surface area contributed by atoms with E-state index in [1.54, 1.807) is 31.2 Å². The molecule has 0 aromatic heterocycles. The van der Waals surface area contributed by atoms with Crippen molar-refractivity contribution in [2.75, 3.05) is 32.6 Å². The highest BCUT2D eigenvalue weighted by Crippen LogP contribution is 2.31. The quantitative estimate of drug-likeness (QED) is 0.937. The molecule has 0 radical (unpaired) electrons. The van der Waals surface area contributed by atoms with Crippen LogP contribution in [0.5, 0.6) is 17.2 Å². The maximum Gasteiger partial charge on any atom is 0.321 e. The Kier molecular flexibility index (Phi) is 4.74. The summed E-state index contributed by atoms with van der Waals surface area (Å²) in [5, 5.41) is 2.84. The Labute approximate surface area is 140 Å². The summed E-state index contributed by atoms with van der Waals surface area (Å²) in [7, 11) is 3.29. The lowest BCUT2D eigenvalue weighted by Gasteiger charge is -2.29. The Bertz CT molecular complexity index is 720. The minimum Gasteiger partial charge on any atom is -0.495 e. The van der Waals surface area contributed by atoms with Gasteiger partial charge in [0, 0.05) is 7.05 Å². The van der Waals surface area contributed by atoms with Gasteiger partial charge in [0.15, 0.2) is 17.6 Å². The molecule has 1 unspecified atom stereocenters. The molecule has 0 aliphatic carbocycles. The predicted molar refractivity (Wildman–Crippen MR) is 91.0 cm³/mol.